The van der Waals surface area contributed by atoms with E-state index in [1.165, 1.54) is 5.56 Å². The van der Waals surface area contributed by atoms with E-state index in [0.29, 0.717) is 13.0 Å². The molecule has 0 aliphatic carbocycles. The Morgan fingerprint density at radius 3 is 2.70 bits per heavy atom. The van der Waals surface area contributed by atoms with E-state index >= 15 is 0 Å². The zero-order valence-electron chi connectivity index (χ0n) is 14.0. The lowest BCUT2D eigenvalue weighted by Crippen LogP contribution is -2.49. The van der Waals surface area contributed by atoms with Crippen LogP contribution in [-0.4, -0.2) is 63.8 Å². The summed E-state index contributed by atoms with van der Waals surface area (Å²) >= 11 is 0. The molecule has 2 atom stereocenters. The van der Waals surface area contributed by atoms with Gasteiger partial charge >= 0.3 is 0 Å². The molecule has 0 saturated carbocycles. The number of likely N-dealkylation sites (N-methyl/N-ethyl adjacent to an activating group) is 1. The molecule has 0 amide bonds. The highest BCUT2D eigenvalue weighted by molar-refractivity contribution is 5.15. The van der Waals surface area contributed by atoms with Crippen molar-refractivity contribution >= 4 is 0 Å². The standard InChI is InChI=1S/C18H26N4O/c1-20-10-11-22(14-17(20)18-19-8-9-21(18)2)13-16(23)12-15-6-4-3-5-7-15/h3-9,16-17,23H,10-14H2,1-2H3/t16-,17?/m0/s1. The number of aliphatic hydroxyl groups excluding tert-OH is 1. The summed E-state index contributed by atoms with van der Waals surface area (Å²) in [6, 6.07) is 10.5. The topological polar surface area (TPSA) is 44.5 Å². The summed E-state index contributed by atoms with van der Waals surface area (Å²) in [5, 5.41) is 10.4. The number of rotatable bonds is 5. The smallest absolute Gasteiger partial charge is 0.127 e. The number of piperazine rings is 1. The molecule has 1 N–H and O–H groups in total. The Labute approximate surface area is 138 Å². The molecule has 23 heavy (non-hydrogen) atoms. The Bertz CT molecular complexity index is 612. The van der Waals surface area contributed by atoms with E-state index in [9.17, 15) is 5.11 Å². The number of β-amino-alcohol motifs (C(OH)–C–C–N with tert-alkyl or cyclic N) is 1. The summed E-state index contributed by atoms with van der Waals surface area (Å²) in [7, 11) is 4.19. The first-order valence-corrected chi connectivity index (χ1v) is 8.25. The van der Waals surface area contributed by atoms with Crippen molar-refractivity contribution in [3.8, 4) is 0 Å². The van der Waals surface area contributed by atoms with Gasteiger partial charge in [-0.05, 0) is 19.0 Å². The van der Waals surface area contributed by atoms with E-state index in [4.69, 9.17) is 0 Å². The number of aryl methyl sites for hydroxylation is 1. The predicted molar refractivity (Wildman–Crippen MR) is 91.2 cm³/mol. The van der Waals surface area contributed by atoms with Crippen molar-refractivity contribution in [2.24, 2.45) is 7.05 Å². The van der Waals surface area contributed by atoms with Crippen molar-refractivity contribution < 1.29 is 5.11 Å². The van der Waals surface area contributed by atoms with Gasteiger partial charge in [-0.15, -0.1) is 0 Å². The number of aromatic nitrogens is 2. The van der Waals surface area contributed by atoms with Crippen LogP contribution in [-0.2, 0) is 13.5 Å². The molecular formula is C18H26N4O. The highest BCUT2D eigenvalue weighted by atomic mass is 16.3. The van der Waals surface area contributed by atoms with Crippen molar-refractivity contribution in [1.29, 1.82) is 0 Å². The lowest BCUT2D eigenvalue weighted by Gasteiger charge is -2.39. The molecule has 2 heterocycles. The lowest BCUT2D eigenvalue weighted by atomic mass is 10.1. The summed E-state index contributed by atoms with van der Waals surface area (Å²) in [5.41, 5.74) is 1.19. The molecule has 5 heteroatoms. The molecule has 3 rings (SSSR count). The van der Waals surface area contributed by atoms with E-state index in [-0.39, 0.29) is 12.1 Å². The maximum atomic E-state index is 10.4. The van der Waals surface area contributed by atoms with Crippen LogP contribution in [0.15, 0.2) is 42.7 Å². The Morgan fingerprint density at radius 1 is 1.22 bits per heavy atom. The van der Waals surface area contributed by atoms with Crippen molar-refractivity contribution in [2.75, 3.05) is 33.2 Å². The summed E-state index contributed by atoms with van der Waals surface area (Å²) in [4.78, 5) is 9.21. The molecule has 124 valence electrons. The number of hydrogen-bond donors (Lipinski definition) is 1. The Hall–Kier alpha value is -1.69. The minimum atomic E-state index is -0.331. The third-order valence-corrected chi connectivity index (χ3v) is 4.67. The van der Waals surface area contributed by atoms with Gasteiger partial charge in [-0.25, -0.2) is 4.98 Å². The quantitative estimate of drug-likeness (QED) is 0.904. The van der Waals surface area contributed by atoms with Crippen LogP contribution in [0.4, 0.5) is 0 Å². The fourth-order valence-electron chi connectivity index (χ4n) is 3.32. The Kier molecular flexibility index (Phi) is 5.10. The lowest BCUT2D eigenvalue weighted by molar-refractivity contribution is 0.0480. The highest BCUT2D eigenvalue weighted by Crippen LogP contribution is 2.22. The van der Waals surface area contributed by atoms with Gasteiger partial charge in [-0.2, -0.15) is 0 Å². The first-order chi connectivity index (χ1) is 11.1. The van der Waals surface area contributed by atoms with Gasteiger partial charge in [0.25, 0.3) is 0 Å². The molecule has 1 unspecified atom stereocenters. The number of aliphatic hydroxyl groups is 1. The van der Waals surface area contributed by atoms with Gasteiger partial charge in [0.05, 0.1) is 12.1 Å². The van der Waals surface area contributed by atoms with E-state index in [1.54, 1.807) is 0 Å². The van der Waals surface area contributed by atoms with E-state index in [1.807, 2.05) is 37.6 Å². The van der Waals surface area contributed by atoms with Crippen molar-refractivity contribution in [3.63, 3.8) is 0 Å². The number of hydrogen-bond acceptors (Lipinski definition) is 4. The third-order valence-electron chi connectivity index (χ3n) is 4.67. The van der Waals surface area contributed by atoms with Gasteiger partial charge in [0.15, 0.2) is 0 Å². The fourth-order valence-corrected chi connectivity index (χ4v) is 3.32. The third kappa shape index (κ3) is 3.99. The van der Waals surface area contributed by atoms with Gasteiger partial charge in [-0.3, -0.25) is 9.80 Å². The Balaban J connectivity index is 1.59. The SMILES string of the molecule is CN1CCN(C[C@@H](O)Cc2ccccc2)CC1c1nccn1C. The van der Waals surface area contributed by atoms with Crippen molar-refractivity contribution in [1.82, 2.24) is 19.4 Å². The molecule has 2 aromatic rings. The van der Waals surface area contributed by atoms with Crippen molar-refractivity contribution in [2.45, 2.75) is 18.6 Å². The monoisotopic (exact) mass is 314 g/mol. The van der Waals surface area contributed by atoms with Crippen LogP contribution in [0.5, 0.6) is 0 Å². The molecule has 0 bridgehead atoms. The highest BCUT2D eigenvalue weighted by Gasteiger charge is 2.29. The second kappa shape index (κ2) is 7.25. The fraction of sp³-hybridized carbons (Fsp3) is 0.500. The maximum Gasteiger partial charge on any atom is 0.127 e. The van der Waals surface area contributed by atoms with E-state index < -0.39 is 0 Å². The van der Waals surface area contributed by atoms with Gasteiger partial charge in [0.1, 0.15) is 5.82 Å². The molecule has 1 aliphatic heterocycles. The summed E-state index contributed by atoms with van der Waals surface area (Å²) in [6.45, 7) is 3.61. The summed E-state index contributed by atoms with van der Waals surface area (Å²) in [5.74, 6) is 1.09. The average molecular weight is 314 g/mol. The molecule has 5 nitrogen and oxygen atoms in total. The molecule has 0 spiro atoms. The zero-order valence-corrected chi connectivity index (χ0v) is 14.0. The second-order valence-electron chi connectivity index (χ2n) is 6.50. The minimum Gasteiger partial charge on any atom is -0.391 e. The summed E-state index contributed by atoms with van der Waals surface area (Å²) in [6.07, 6.45) is 4.22. The molecular weight excluding hydrogens is 288 g/mol. The number of nitrogens with zero attached hydrogens (tertiary/aromatic N) is 4. The van der Waals surface area contributed by atoms with Crippen molar-refractivity contribution in [3.05, 3.63) is 54.1 Å². The van der Waals surface area contributed by atoms with Crippen LogP contribution < -0.4 is 0 Å². The molecule has 1 saturated heterocycles. The predicted octanol–water partition coefficient (Wildman–Crippen LogP) is 1.31. The summed E-state index contributed by atoms with van der Waals surface area (Å²) < 4.78 is 2.09. The van der Waals surface area contributed by atoms with Gasteiger partial charge in [0, 0.05) is 45.6 Å². The first kappa shape index (κ1) is 16.2. The molecule has 0 radical (unpaired) electrons. The molecule has 1 fully saturated rings. The zero-order chi connectivity index (χ0) is 16.2. The van der Waals surface area contributed by atoms with Crippen LogP contribution in [0.2, 0.25) is 0 Å². The van der Waals surface area contributed by atoms with E-state index in [0.717, 1.165) is 25.5 Å². The van der Waals surface area contributed by atoms with Crippen LogP contribution in [0.1, 0.15) is 17.4 Å². The molecule has 1 aromatic carbocycles. The maximum absolute atomic E-state index is 10.4. The minimum absolute atomic E-state index is 0.285. The van der Waals surface area contributed by atoms with Gasteiger partial charge in [0.2, 0.25) is 0 Å². The van der Waals surface area contributed by atoms with Crippen LogP contribution >= 0.6 is 0 Å². The Morgan fingerprint density at radius 2 is 2.00 bits per heavy atom. The first-order valence-electron chi connectivity index (χ1n) is 8.25. The molecule has 1 aliphatic rings. The molecule has 1 aromatic heterocycles. The van der Waals surface area contributed by atoms with E-state index in [2.05, 4.69) is 38.5 Å². The number of benzene rings is 1. The normalized spacial score (nSPS) is 21.4. The average Bonchev–Trinajstić information content (AvgIpc) is 2.96. The largest absolute Gasteiger partial charge is 0.391 e. The van der Waals surface area contributed by atoms with Crippen LogP contribution in [0, 0.1) is 0 Å². The second-order valence-corrected chi connectivity index (χ2v) is 6.50. The van der Waals surface area contributed by atoms with Crippen LogP contribution in [0.25, 0.3) is 0 Å². The van der Waals surface area contributed by atoms with Crippen LogP contribution in [0.3, 0.4) is 0 Å². The van der Waals surface area contributed by atoms with Gasteiger partial charge in [-0.1, -0.05) is 30.3 Å². The van der Waals surface area contributed by atoms with Gasteiger partial charge < -0.3 is 9.67 Å². The number of imidazole rings is 1.